The fourth-order valence-corrected chi connectivity index (χ4v) is 3.25. The first kappa shape index (κ1) is 13.2. The summed E-state index contributed by atoms with van der Waals surface area (Å²) in [5.41, 5.74) is 1.43. The quantitative estimate of drug-likeness (QED) is 0.856. The van der Waals surface area contributed by atoms with E-state index in [0.717, 1.165) is 11.4 Å². The van der Waals surface area contributed by atoms with Gasteiger partial charge in [-0.05, 0) is 44.0 Å². The molecular weight excluding hydrogens is 253 g/mol. The molecule has 1 nitrogen and oxygen atoms in total. The lowest BCUT2D eigenvalue weighted by Crippen LogP contribution is -2.46. The second-order valence-corrected chi connectivity index (χ2v) is 5.85. The highest BCUT2D eigenvalue weighted by Crippen LogP contribution is 2.33. The molecular formula is C14H19Cl2N. The van der Waals surface area contributed by atoms with Crippen molar-refractivity contribution in [1.82, 2.24) is 5.32 Å². The summed E-state index contributed by atoms with van der Waals surface area (Å²) >= 11 is 12.2. The number of benzene rings is 1. The second-order valence-electron chi connectivity index (χ2n) is 5.00. The maximum Gasteiger partial charge on any atom is 0.0453 e. The van der Waals surface area contributed by atoms with Gasteiger partial charge in [0.25, 0.3) is 0 Å². The topological polar surface area (TPSA) is 12.0 Å². The second kappa shape index (κ2) is 5.60. The fraction of sp³-hybridized carbons (Fsp3) is 0.571. The normalized spacial score (nSPS) is 19.2. The number of hydrogen-bond donors (Lipinski definition) is 1. The number of nitrogens with one attached hydrogen (secondary N) is 1. The van der Waals surface area contributed by atoms with Crippen LogP contribution < -0.4 is 5.32 Å². The van der Waals surface area contributed by atoms with Crippen molar-refractivity contribution < 1.29 is 0 Å². The zero-order valence-electron chi connectivity index (χ0n) is 10.2. The van der Waals surface area contributed by atoms with Crippen LogP contribution in [0.5, 0.6) is 0 Å². The van der Waals surface area contributed by atoms with Crippen molar-refractivity contribution in [1.29, 1.82) is 0 Å². The predicted molar refractivity (Wildman–Crippen MR) is 75.0 cm³/mol. The van der Waals surface area contributed by atoms with Gasteiger partial charge in [0.15, 0.2) is 0 Å². The van der Waals surface area contributed by atoms with Crippen molar-refractivity contribution in [2.24, 2.45) is 0 Å². The fourth-order valence-electron chi connectivity index (χ4n) is 2.77. The van der Waals surface area contributed by atoms with Crippen LogP contribution in [0.1, 0.15) is 37.7 Å². The van der Waals surface area contributed by atoms with Gasteiger partial charge in [0.05, 0.1) is 0 Å². The highest BCUT2D eigenvalue weighted by atomic mass is 35.5. The van der Waals surface area contributed by atoms with Gasteiger partial charge in [-0.2, -0.15) is 0 Å². The molecule has 0 bridgehead atoms. The van der Waals surface area contributed by atoms with Crippen LogP contribution in [0.4, 0.5) is 0 Å². The van der Waals surface area contributed by atoms with Gasteiger partial charge in [-0.15, -0.1) is 0 Å². The summed E-state index contributed by atoms with van der Waals surface area (Å²) in [6.07, 6.45) is 7.46. The summed E-state index contributed by atoms with van der Waals surface area (Å²) in [4.78, 5) is 0. The molecule has 3 heteroatoms. The van der Waals surface area contributed by atoms with Gasteiger partial charge in [-0.3, -0.25) is 0 Å². The van der Waals surface area contributed by atoms with Crippen LogP contribution in [0.2, 0.25) is 10.0 Å². The number of halogens is 2. The van der Waals surface area contributed by atoms with Crippen molar-refractivity contribution in [2.75, 3.05) is 7.05 Å². The Morgan fingerprint density at radius 1 is 1.18 bits per heavy atom. The molecule has 94 valence electrons. The Morgan fingerprint density at radius 3 is 2.47 bits per heavy atom. The minimum Gasteiger partial charge on any atom is -0.314 e. The van der Waals surface area contributed by atoms with Gasteiger partial charge >= 0.3 is 0 Å². The Hall–Kier alpha value is -0.240. The van der Waals surface area contributed by atoms with Crippen LogP contribution in [0, 0.1) is 0 Å². The van der Waals surface area contributed by atoms with E-state index < -0.39 is 0 Å². The van der Waals surface area contributed by atoms with E-state index in [1.54, 1.807) is 0 Å². The Labute approximate surface area is 114 Å². The molecule has 0 unspecified atom stereocenters. The van der Waals surface area contributed by atoms with E-state index in [9.17, 15) is 0 Å². The molecule has 1 aromatic rings. The van der Waals surface area contributed by atoms with Crippen molar-refractivity contribution in [2.45, 2.75) is 44.1 Å². The van der Waals surface area contributed by atoms with E-state index in [2.05, 4.69) is 18.4 Å². The first-order valence-electron chi connectivity index (χ1n) is 6.28. The van der Waals surface area contributed by atoms with Gasteiger partial charge in [-0.1, -0.05) is 48.5 Å². The van der Waals surface area contributed by atoms with Gasteiger partial charge in [0.1, 0.15) is 0 Å². The smallest absolute Gasteiger partial charge is 0.0453 e. The van der Waals surface area contributed by atoms with E-state index in [0.29, 0.717) is 5.02 Å². The van der Waals surface area contributed by atoms with E-state index in [4.69, 9.17) is 23.2 Å². The molecule has 1 aliphatic rings. The Bertz CT molecular complexity index is 384. The molecule has 1 saturated carbocycles. The molecule has 2 rings (SSSR count). The number of hydrogen-bond acceptors (Lipinski definition) is 1. The molecule has 17 heavy (non-hydrogen) atoms. The zero-order valence-corrected chi connectivity index (χ0v) is 11.7. The van der Waals surface area contributed by atoms with E-state index >= 15 is 0 Å². The molecule has 1 fully saturated rings. The minimum atomic E-state index is 0.232. The Balaban J connectivity index is 2.17. The Morgan fingerprint density at radius 2 is 1.88 bits per heavy atom. The minimum absolute atomic E-state index is 0.232. The zero-order chi connectivity index (χ0) is 12.3. The predicted octanol–water partition coefficient (Wildman–Crippen LogP) is 4.46. The van der Waals surface area contributed by atoms with Gasteiger partial charge in [0, 0.05) is 15.6 Å². The highest BCUT2D eigenvalue weighted by molar-refractivity contribution is 6.35. The van der Waals surface area contributed by atoms with Crippen molar-refractivity contribution in [3.05, 3.63) is 33.8 Å². The summed E-state index contributed by atoms with van der Waals surface area (Å²) in [6.45, 7) is 0. The van der Waals surface area contributed by atoms with Gasteiger partial charge in [0.2, 0.25) is 0 Å². The third kappa shape index (κ3) is 3.15. The summed E-state index contributed by atoms with van der Waals surface area (Å²) in [7, 11) is 2.06. The van der Waals surface area contributed by atoms with Crippen LogP contribution in [-0.4, -0.2) is 12.6 Å². The van der Waals surface area contributed by atoms with Gasteiger partial charge < -0.3 is 5.32 Å². The summed E-state index contributed by atoms with van der Waals surface area (Å²) < 4.78 is 0. The SMILES string of the molecule is CNC1(Cc2ccc(Cl)cc2Cl)CCCCC1. The third-order valence-electron chi connectivity index (χ3n) is 3.88. The number of likely N-dealkylation sites (N-methyl/N-ethyl adjacent to an activating group) is 1. The highest BCUT2D eigenvalue weighted by Gasteiger charge is 2.30. The van der Waals surface area contributed by atoms with Crippen LogP contribution in [-0.2, 0) is 6.42 Å². The van der Waals surface area contributed by atoms with Crippen molar-refractivity contribution in [3.63, 3.8) is 0 Å². The van der Waals surface area contributed by atoms with Gasteiger partial charge in [-0.25, -0.2) is 0 Å². The lowest BCUT2D eigenvalue weighted by molar-refractivity contribution is 0.245. The van der Waals surface area contributed by atoms with Crippen LogP contribution in [0.25, 0.3) is 0 Å². The maximum atomic E-state index is 6.26. The molecule has 0 spiro atoms. The molecule has 0 saturated heterocycles. The van der Waals surface area contributed by atoms with Crippen molar-refractivity contribution >= 4 is 23.2 Å². The maximum absolute atomic E-state index is 6.26. The molecule has 0 atom stereocenters. The molecule has 1 aromatic carbocycles. The summed E-state index contributed by atoms with van der Waals surface area (Å²) in [5.74, 6) is 0. The average Bonchev–Trinajstić information content (AvgIpc) is 2.34. The first-order valence-corrected chi connectivity index (χ1v) is 7.04. The lowest BCUT2D eigenvalue weighted by atomic mass is 9.77. The average molecular weight is 272 g/mol. The third-order valence-corrected chi connectivity index (χ3v) is 4.47. The first-order chi connectivity index (χ1) is 8.15. The van der Waals surface area contributed by atoms with Crippen LogP contribution in [0.15, 0.2) is 18.2 Å². The number of rotatable bonds is 3. The van der Waals surface area contributed by atoms with E-state index in [1.165, 1.54) is 37.7 Å². The standard InChI is InChI=1S/C14H19Cl2N/c1-17-14(7-3-2-4-8-14)10-11-5-6-12(15)9-13(11)16/h5-6,9,17H,2-4,7-8,10H2,1H3. The van der Waals surface area contributed by atoms with E-state index in [1.807, 2.05) is 12.1 Å². The molecule has 0 heterocycles. The summed E-state index contributed by atoms with van der Waals surface area (Å²) in [6, 6.07) is 5.82. The molecule has 0 aliphatic heterocycles. The summed E-state index contributed by atoms with van der Waals surface area (Å²) in [5, 5.41) is 5.01. The largest absolute Gasteiger partial charge is 0.314 e. The van der Waals surface area contributed by atoms with E-state index in [-0.39, 0.29) is 5.54 Å². The molecule has 0 radical (unpaired) electrons. The van der Waals surface area contributed by atoms with Crippen LogP contribution in [0.3, 0.4) is 0 Å². The lowest BCUT2D eigenvalue weighted by Gasteiger charge is -2.37. The monoisotopic (exact) mass is 271 g/mol. The van der Waals surface area contributed by atoms with Crippen molar-refractivity contribution in [3.8, 4) is 0 Å². The Kier molecular flexibility index (Phi) is 4.35. The molecule has 1 aliphatic carbocycles. The molecule has 1 N–H and O–H groups in total. The molecule has 0 amide bonds. The molecule has 0 aromatic heterocycles. The van der Waals surface area contributed by atoms with Crippen LogP contribution >= 0.6 is 23.2 Å².